The molecule has 9 heteroatoms. The lowest BCUT2D eigenvalue weighted by atomic mass is 9.99. The van der Waals surface area contributed by atoms with Crippen LogP contribution in [-0.2, 0) is 14.3 Å². The number of carbonyl (C=O) groups excluding carboxylic acids is 1. The zero-order valence-electron chi connectivity index (χ0n) is 40.1. The van der Waals surface area contributed by atoms with Crippen LogP contribution in [0.5, 0.6) is 0 Å². The third-order valence-electron chi connectivity index (χ3n) is 11.7. The van der Waals surface area contributed by atoms with Crippen molar-refractivity contribution in [2.45, 2.75) is 249 Å². The van der Waals surface area contributed by atoms with Crippen molar-refractivity contribution in [2.75, 3.05) is 13.2 Å². The number of aliphatic hydroxyl groups is 5. The Hall–Kier alpha value is -2.37. The molecule has 0 spiro atoms. The van der Waals surface area contributed by atoms with Crippen LogP contribution >= 0.6 is 0 Å². The molecule has 6 N–H and O–H groups in total. The molecule has 9 nitrogen and oxygen atoms in total. The minimum absolute atomic E-state index is 0.210. The zero-order valence-corrected chi connectivity index (χ0v) is 40.1. The Bertz CT molecular complexity index is 1210. The van der Waals surface area contributed by atoms with Gasteiger partial charge >= 0.3 is 0 Å². The van der Waals surface area contributed by atoms with Crippen molar-refractivity contribution in [1.29, 1.82) is 0 Å². The molecule has 7 atom stereocenters. The fourth-order valence-corrected chi connectivity index (χ4v) is 7.67. The lowest BCUT2D eigenvalue weighted by molar-refractivity contribution is -0.302. The van der Waals surface area contributed by atoms with E-state index in [1.807, 2.05) is 6.08 Å². The maximum atomic E-state index is 13.0. The fraction of sp³-hybridized carbons (Fsp3) is 0.759. The molecule has 1 amide bonds. The predicted octanol–water partition coefficient (Wildman–Crippen LogP) is 11.7. The molecular weight excluding hydrogens is 791 g/mol. The van der Waals surface area contributed by atoms with Crippen molar-refractivity contribution in [2.24, 2.45) is 0 Å². The molecule has 1 saturated heterocycles. The molecule has 1 heterocycles. The Balaban J connectivity index is 2.33. The molecule has 63 heavy (non-hydrogen) atoms. The van der Waals surface area contributed by atoms with Gasteiger partial charge in [-0.1, -0.05) is 196 Å². The minimum atomic E-state index is -1.58. The van der Waals surface area contributed by atoms with Gasteiger partial charge in [-0.3, -0.25) is 4.79 Å². The molecule has 1 fully saturated rings. The number of rotatable bonds is 42. The van der Waals surface area contributed by atoms with Crippen LogP contribution in [0.4, 0.5) is 0 Å². The van der Waals surface area contributed by atoms with E-state index in [-0.39, 0.29) is 12.5 Å². The Morgan fingerprint density at radius 3 is 1.52 bits per heavy atom. The molecule has 0 aromatic carbocycles. The third kappa shape index (κ3) is 33.7. The second kappa shape index (κ2) is 43.5. The SMILES string of the molecule is CC/C=C\C/C=C\C/C=C\CCCCCCCC(=O)NC(COC1OC(CO)C(O)C(O)C1O)C(O)/C=C/CC/C=C/CC/C=C/CCCCCCCCCCCCCCCCC. The first-order valence-electron chi connectivity index (χ1n) is 25.7. The molecule has 0 bridgehead atoms. The Kier molecular flexibility index (Phi) is 40.5. The van der Waals surface area contributed by atoms with E-state index in [4.69, 9.17) is 9.47 Å². The molecule has 1 rings (SSSR count). The number of nitrogens with one attached hydrogen (secondary N) is 1. The molecule has 7 unspecified atom stereocenters. The number of hydrogen-bond donors (Lipinski definition) is 6. The molecule has 0 radical (unpaired) electrons. The van der Waals surface area contributed by atoms with Crippen molar-refractivity contribution in [3.05, 3.63) is 72.9 Å². The first-order valence-corrected chi connectivity index (χ1v) is 25.7. The summed E-state index contributed by atoms with van der Waals surface area (Å²) in [5, 5.41) is 54.3. The van der Waals surface area contributed by atoms with Gasteiger partial charge in [0.15, 0.2) is 6.29 Å². The molecule has 0 aromatic heterocycles. The van der Waals surface area contributed by atoms with Crippen molar-refractivity contribution >= 4 is 5.91 Å². The summed E-state index contributed by atoms with van der Waals surface area (Å²) in [4.78, 5) is 13.0. The van der Waals surface area contributed by atoms with E-state index in [1.54, 1.807) is 6.08 Å². The molecule has 1 aliphatic rings. The fourth-order valence-electron chi connectivity index (χ4n) is 7.67. The van der Waals surface area contributed by atoms with Crippen LogP contribution in [0.15, 0.2) is 72.9 Å². The molecular formula is C54H95NO8. The van der Waals surface area contributed by atoms with Crippen LogP contribution in [0.25, 0.3) is 0 Å². The number of carbonyl (C=O) groups is 1. The first-order chi connectivity index (χ1) is 30.8. The van der Waals surface area contributed by atoms with Crippen molar-refractivity contribution in [3.63, 3.8) is 0 Å². The van der Waals surface area contributed by atoms with E-state index in [0.717, 1.165) is 83.5 Å². The van der Waals surface area contributed by atoms with E-state index < -0.39 is 49.5 Å². The smallest absolute Gasteiger partial charge is 0.220 e. The van der Waals surface area contributed by atoms with Gasteiger partial charge in [0.25, 0.3) is 0 Å². The first kappa shape index (κ1) is 58.6. The van der Waals surface area contributed by atoms with E-state index in [2.05, 4.69) is 79.9 Å². The van der Waals surface area contributed by atoms with Crippen LogP contribution in [0.1, 0.15) is 206 Å². The van der Waals surface area contributed by atoms with E-state index in [0.29, 0.717) is 6.42 Å². The number of amides is 1. The van der Waals surface area contributed by atoms with Gasteiger partial charge in [0.05, 0.1) is 25.4 Å². The van der Waals surface area contributed by atoms with Gasteiger partial charge in [0.2, 0.25) is 5.91 Å². The van der Waals surface area contributed by atoms with Gasteiger partial charge in [-0.15, -0.1) is 0 Å². The van der Waals surface area contributed by atoms with E-state index in [9.17, 15) is 30.3 Å². The van der Waals surface area contributed by atoms with E-state index >= 15 is 0 Å². The molecule has 1 aliphatic heterocycles. The second-order valence-corrected chi connectivity index (χ2v) is 17.6. The monoisotopic (exact) mass is 886 g/mol. The Labute approximate surface area is 385 Å². The van der Waals surface area contributed by atoms with Crippen molar-refractivity contribution in [3.8, 4) is 0 Å². The summed E-state index contributed by atoms with van der Waals surface area (Å²) in [5.41, 5.74) is 0. The summed E-state index contributed by atoms with van der Waals surface area (Å²) in [6, 6.07) is -0.841. The maximum absolute atomic E-state index is 13.0. The normalized spacial score (nSPS) is 20.8. The summed E-state index contributed by atoms with van der Waals surface area (Å²) in [7, 11) is 0. The lowest BCUT2D eigenvalue weighted by Gasteiger charge is -2.40. The highest BCUT2D eigenvalue weighted by Crippen LogP contribution is 2.22. The van der Waals surface area contributed by atoms with Gasteiger partial charge in [0.1, 0.15) is 24.4 Å². The number of unbranched alkanes of at least 4 members (excludes halogenated alkanes) is 22. The topological polar surface area (TPSA) is 149 Å². The van der Waals surface area contributed by atoms with Gasteiger partial charge in [-0.2, -0.15) is 0 Å². The summed E-state index contributed by atoms with van der Waals surface area (Å²) in [6.07, 6.45) is 52.5. The molecule has 0 aliphatic carbocycles. The Morgan fingerprint density at radius 1 is 0.556 bits per heavy atom. The quantitative estimate of drug-likeness (QED) is 0.0262. The van der Waals surface area contributed by atoms with Crippen molar-refractivity contribution < 1.29 is 39.8 Å². The van der Waals surface area contributed by atoms with Crippen molar-refractivity contribution in [1.82, 2.24) is 5.32 Å². The number of allylic oxidation sites excluding steroid dienone is 11. The average Bonchev–Trinajstić information content (AvgIpc) is 3.28. The van der Waals surface area contributed by atoms with Gasteiger partial charge in [0, 0.05) is 6.42 Å². The lowest BCUT2D eigenvalue weighted by Crippen LogP contribution is -2.60. The highest BCUT2D eigenvalue weighted by molar-refractivity contribution is 5.76. The second-order valence-electron chi connectivity index (χ2n) is 17.6. The van der Waals surface area contributed by atoms with Crippen LogP contribution in [0, 0.1) is 0 Å². The summed E-state index contributed by atoms with van der Waals surface area (Å²) < 4.78 is 11.2. The standard InChI is InChI=1S/C54H95NO8/c1-3-5-7-9-11-13-15-17-19-20-21-22-23-24-25-26-27-28-30-31-33-35-37-39-41-43-48(57)47(46-62-54-53(61)52(60)51(59)49(45-56)63-54)55-50(58)44-42-40-38-36-34-32-29-18-16-14-12-10-8-6-4-2/h6,8,12,14,18,27-29,33,35,41,43,47-49,51-54,56-57,59-61H,3-5,7,9-11,13,15-17,19-26,30-32,34,36-40,42,44-46H2,1-2H3,(H,55,58)/b8-6-,14-12-,28-27+,29-18-,35-33+,43-41+. The molecule has 364 valence electrons. The minimum Gasteiger partial charge on any atom is -0.394 e. The third-order valence-corrected chi connectivity index (χ3v) is 11.7. The highest BCUT2D eigenvalue weighted by Gasteiger charge is 2.44. The van der Waals surface area contributed by atoms with Crippen LogP contribution in [0.2, 0.25) is 0 Å². The summed E-state index contributed by atoms with van der Waals surface area (Å²) >= 11 is 0. The van der Waals surface area contributed by atoms with Crippen LogP contribution in [-0.4, -0.2) is 87.5 Å². The van der Waals surface area contributed by atoms with Gasteiger partial charge in [-0.05, 0) is 77.0 Å². The average molecular weight is 886 g/mol. The number of ether oxygens (including phenoxy) is 2. The maximum Gasteiger partial charge on any atom is 0.220 e. The number of aliphatic hydroxyl groups excluding tert-OH is 5. The Morgan fingerprint density at radius 2 is 1.00 bits per heavy atom. The predicted molar refractivity (Wildman–Crippen MR) is 262 cm³/mol. The highest BCUT2D eigenvalue weighted by atomic mass is 16.7. The van der Waals surface area contributed by atoms with Crippen LogP contribution < -0.4 is 5.32 Å². The molecule has 0 aromatic rings. The van der Waals surface area contributed by atoms with Crippen LogP contribution in [0.3, 0.4) is 0 Å². The van der Waals surface area contributed by atoms with Gasteiger partial charge < -0.3 is 40.3 Å². The summed E-state index contributed by atoms with van der Waals surface area (Å²) in [6.45, 7) is 3.63. The number of hydrogen-bond acceptors (Lipinski definition) is 8. The van der Waals surface area contributed by atoms with Gasteiger partial charge in [-0.25, -0.2) is 0 Å². The van der Waals surface area contributed by atoms with E-state index in [1.165, 1.54) is 103 Å². The molecule has 0 saturated carbocycles. The zero-order chi connectivity index (χ0) is 45.9. The summed E-state index contributed by atoms with van der Waals surface area (Å²) in [5.74, 6) is -0.210. The largest absolute Gasteiger partial charge is 0.394 e.